The van der Waals surface area contributed by atoms with E-state index in [0.717, 1.165) is 12.8 Å². The fourth-order valence-corrected chi connectivity index (χ4v) is 1.86. The molecule has 13 heavy (non-hydrogen) atoms. The molecule has 1 aliphatic rings. The van der Waals surface area contributed by atoms with Crippen LogP contribution >= 0.6 is 0 Å². The average Bonchev–Trinajstić information content (AvgIpc) is 2.30. The van der Waals surface area contributed by atoms with Crippen LogP contribution in [0.1, 0.15) is 45.4 Å². The van der Waals surface area contributed by atoms with Crippen molar-refractivity contribution in [2.45, 2.75) is 51.0 Å². The Bertz CT molecular complexity index is 188. The number of ether oxygens (including phenoxy) is 1. The SMILES string of the molecule is C=CC(=O)OC1(C)CCCCCC1. The van der Waals surface area contributed by atoms with Crippen LogP contribution in [0.4, 0.5) is 0 Å². The molecule has 0 spiro atoms. The molecule has 2 heteroatoms. The van der Waals surface area contributed by atoms with Crippen molar-refractivity contribution in [1.29, 1.82) is 0 Å². The standard InChI is InChI=1S/C11H18O2/c1-3-10(12)13-11(2)8-6-4-5-7-9-11/h3H,1,4-9H2,2H3. The van der Waals surface area contributed by atoms with Gasteiger partial charge in [0.2, 0.25) is 0 Å². The minimum absolute atomic E-state index is 0.234. The van der Waals surface area contributed by atoms with Crippen LogP contribution in [-0.2, 0) is 9.53 Å². The second kappa shape index (κ2) is 4.45. The number of rotatable bonds is 2. The van der Waals surface area contributed by atoms with Gasteiger partial charge in [0.1, 0.15) is 5.60 Å². The van der Waals surface area contributed by atoms with Crippen LogP contribution in [0.3, 0.4) is 0 Å². The van der Waals surface area contributed by atoms with E-state index in [1.807, 2.05) is 6.92 Å². The third kappa shape index (κ3) is 3.21. The molecule has 1 rings (SSSR count). The van der Waals surface area contributed by atoms with Crippen molar-refractivity contribution in [3.05, 3.63) is 12.7 Å². The molecular formula is C11H18O2. The maximum Gasteiger partial charge on any atom is 0.330 e. The Morgan fingerprint density at radius 3 is 2.31 bits per heavy atom. The molecule has 0 atom stereocenters. The van der Waals surface area contributed by atoms with Crippen molar-refractivity contribution in [3.8, 4) is 0 Å². The van der Waals surface area contributed by atoms with Gasteiger partial charge in [0.05, 0.1) is 0 Å². The van der Waals surface area contributed by atoms with Crippen LogP contribution < -0.4 is 0 Å². The van der Waals surface area contributed by atoms with Crippen LogP contribution in [0.25, 0.3) is 0 Å². The van der Waals surface area contributed by atoms with Crippen LogP contribution in [0.15, 0.2) is 12.7 Å². The van der Waals surface area contributed by atoms with Crippen molar-refractivity contribution in [1.82, 2.24) is 0 Å². The van der Waals surface area contributed by atoms with Gasteiger partial charge in [0, 0.05) is 6.08 Å². The molecule has 1 fully saturated rings. The zero-order chi connectivity index (χ0) is 9.73. The minimum Gasteiger partial charge on any atom is -0.456 e. The smallest absolute Gasteiger partial charge is 0.330 e. The number of hydrogen-bond acceptors (Lipinski definition) is 2. The lowest BCUT2D eigenvalue weighted by Crippen LogP contribution is -2.30. The summed E-state index contributed by atoms with van der Waals surface area (Å²) in [6, 6.07) is 0. The zero-order valence-corrected chi connectivity index (χ0v) is 8.34. The first-order chi connectivity index (χ1) is 6.16. The molecule has 0 amide bonds. The molecule has 0 heterocycles. The normalized spacial score (nSPS) is 21.6. The summed E-state index contributed by atoms with van der Waals surface area (Å²) in [7, 11) is 0. The van der Waals surface area contributed by atoms with Gasteiger partial charge in [-0.25, -0.2) is 4.79 Å². The zero-order valence-electron chi connectivity index (χ0n) is 8.34. The molecule has 0 radical (unpaired) electrons. The van der Waals surface area contributed by atoms with Gasteiger partial charge in [-0.3, -0.25) is 0 Å². The summed E-state index contributed by atoms with van der Waals surface area (Å²) in [6.07, 6.45) is 8.10. The second-order valence-corrected chi connectivity index (χ2v) is 3.99. The molecule has 0 bridgehead atoms. The molecule has 0 aromatic carbocycles. The van der Waals surface area contributed by atoms with E-state index < -0.39 is 0 Å². The summed E-state index contributed by atoms with van der Waals surface area (Å²) in [6.45, 7) is 5.43. The first-order valence-electron chi connectivity index (χ1n) is 5.02. The Morgan fingerprint density at radius 2 is 1.85 bits per heavy atom. The summed E-state index contributed by atoms with van der Waals surface area (Å²) in [5.74, 6) is -0.288. The Hall–Kier alpha value is -0.790. The fraction of sp³-hybridized carbons (Fsp3) is 0.727. The lowest BCUT2D eigenvalue weighted by molar-refractivity contribution is -0.153. The van der Waals surface area contributed by atoms with E-state index in [0.29, 0.717) is 0 Å². The van der Waals surface area contributed by atoms with Gasteiger partial charge in [-0.1, -0.05) is 19.4 Å². The highest BCUT2D eigenvalue weighted by Gasteiger charge is 2.28. The third-order valence-corrected chi connectivity index (χ3v) is 2.67. The van der Waals surface area contributed by atoms with Crippen LogP contribution in [0.5, 0.6) is 0 Å². The molecule has 0 saturated heterocycles. The minimum atomic E-state index is -0.288. The van der Waals surface area contributed by atoms with E-state index in [1.165, 1.54) is 31.8 Å². The molecule has 2 nitrogen and oxygen atoms in total. The highest BCUT2D eigenvalue weighted by Crippen LogP contribution is 2.29. The summed E-state index contributed by atoms with van der Waals surface area (Å²) in [5.41, 5.74) is -0.234. The predicted molar refractivity (Wildman–Crippen MR) is 52.4 cm³/mol. The van der Waals surface area contributed by atoms with Crippen molar-refractivity contribution >= 4 is 5.97 Å². The first-order valence-corrected chi connectivity index (χ1v) is 5.02. The molecule has 0 aromatic heterocycles. The summed E-state index contributed by atoms with van der Waals surface area (Å²) in [5, 5.41) is 0. The van der Waals surface area contributed by atoms with E-state index in [-0.39, 0.29) is 11.6 Å². The molecule has 1 aliphatic carbocycles. The number of carbonyl (C=O) groups is 1. The van der Waals surface area contributed by atoms with Crippen molar-refractivity contribution in [2.75, 3.05) is 0 Å². The largest absolute Gasteiger partial charge is 0.456 e. The molecule has 1 saturated carbocycles. The third-order valence-electron chi connectivity index (χ3n) is 2.67. The van der Waals surface area contributed by atoms with E-state index in [2.05, 4.69) is 6.58 Å². The van der Waals surface area contributed by atoms with Crippen LogP contribution in [-0.4, -0.2) is 11.6 Å². The number of carbonyl (C=O) groups excluding carboxylic acids is 1. The molecule has 0 aliphatic heterocycles. The number of hydrogen-bond donors (Lipinski definition) is 0. The predicted octanol–water partition coefficient (Wildman–Crippen LogP) is 2.83. The second-order valence-electron chi connectivity index (χ2n) is 3.99. The van der Waals surface area contributed by atoms with E-state index in [4.69, 9.17) is 4.74 Å². The summed E-state index contributed by atoms with van der Waals surface area (Å²) >= 11 is 0. The maximum atomic E-state index is 11.1. The summed E-state index contributed by atoms with van der Waals surface area (Å²) < 4.78 is 5.35. The van der Waals surface area contributed by atoms with Gasteiger partial charge in [-0.2, -0.15) is 0 Å². The van der Waals surface area contributed by atoms with Crippen molar-refractivity contribution in [2.24, 2.45) is 0 Å². The van der Waals surface area contributed by atoms with E-state index in [9.17, 15) is 4.79 Å². The molecule has 0 aromatic rings. The van der Waals surface area contributed by atoms with E-state index >= 15 is 0 Å². The highest BCUT2D eigenvalue weighted by atomic mass is 16.6. The summed E-state index contributed by atoms with van der Waals surface area (Å²) in [4.78, 5) is 11.1. The lowest BCUT2D eigenvalue weighted by Gasteiger charge is -2.27. The van der Waals surface area contributed by atoms with Gasteiger partial charge >= 0.3 is 5.97 Å². The van der Waals surface area contributed by atoms with Crippen LogP contribution in [0, 0.1) is 0 Å². The monoisotopic (exact) mass is 182 g/mol. The molecular weight excluding hydrogens is 164 g/mol. The highest BCUT2D eigenvalue weighted by molar-refractivity contribution is 5.81. The van der Waals surface area contributed by atoms with Gasteiger partial charge in [-0.15, -0.1) is 0 Å². The van der Waals surface area contributed by atoms with Gasteiger partial charge < -0.3 is 4.74 Å². The molecule has 0 unspecified atom stereocenters. The Labute approximate surface area is 80.0 Å². The molecule has 74 valence electrons. The topological polar surface area (TPSA) is 26.3 Å². The molecule has 0 N–H and O–H groups in total. The Kier molecular flexibility index (Phi) is 3.52. The lowest BCUT2D eigenvalue weighted by atomic mass is 9.97. The van der Waals surface area contributed by atoms with Gasteiger partial charge in [0.25, 0.3) is 0 Å². The van der Waals surface area contributed by atoms with E-state index in [1.54, 1.807) is 0 Å². The first kappa shape index (κ1) is 10.3. The van der Waals surface area contributed by atoms with Gasteiger partial charge in [0.15, 0.2) is 0 Å². The van der Waals surface area contributed by atoms with Crippen molar-refractivity contribution < 1.29 is 9.53 Å². The Balaban J connectivity index is 2.51. The Morgan fingerprint density at radius 1 is 1.31 bits per heavy atom. The van der Waals surface area contributed by atoms with Gasteiger partial charge in [-0.05, 0) is 32.6 Å². The van der Waals surface area contributed by atoms with Crippen LogP contribution in [0.2, 0.25) is 0 Å². The maximum absolute atomic E-state index is 11.1. The average molecular weight is 182 g/mol. The number of esters is 1. The fourth-order valence-electron chi connectivity index (χ4n) is 1.86. The quantitative estimate of drug-likeness (QED) is 0.373. The van der Waals surface area contributed by atoms with Crippen molar-refractivity contribution in [3.63, 3.8) is 0 Å².